The van der Waals surface area contributed by atoms with Crippen molar-refractivity contribution >= 4 is 58.0 Å². The Morgan fingerprint density at radius 2 is 1.79 bits per heavy atom. The van der Waals surface area contributed by atoms with Crippen molar-refractivity contribution in [3.05, 3.63) is 64.9 Å². The SMILES string of the molecule is COc1cc2c(cc1-n1nc(N3CC(CCN4C(=O)c5ccccc5C4=O)OC3=O)c3cnc(Cl)cc31)OCCN2C(=O)OC(C)(C)C. The lowest BCUT2D eigenvalue weighted by molar-refractivity contribution is 0.0564. The number of rotatable bonds is 6. The minimum Gasteiger partial charge on any atom is -0.494 e. The molecule has 14 nitrogen and oxygen atoms in total. The van der Waals surface area contributed by atoms with Crippen LogP contribution in [0, 0.1) is 0 Å². The summed E-state index contributed by atoms with van der Waals surface area (Å²) in [4.78, 5) is 60.2. The highest BCUT2D eigenvalue weighted by atomic mass is 35.5. The predicted octanol–water partition coefficient (Wildman–Crippen LogP) is 5.23. The van der Waals surface area contributed by atoms with Crippen molar-refractivity contribution in [2.45, 2.75) is 38.9 Å². The molecule has 2 aromatic heterocycles. The summed E-state index contributed by atoms with van der Waals surface area (Å²) < 4.78 is 24.5. The third-order valence-electron chi connectivity index (χ3n) is 8.16. The lowest BCUT2D eigenvalue weighted by Crippen LogP contribution is -2.41. The second kappa shape index (κ2) is 11.7. The van der Waals surface area contributed by atoms with E-state index in [-0.39, 0.29) is 55.4 Å². The number of halogens is 1. The monoisotopic (exact) mass is 674 g/mol. The molecule has 48 heavy (non-hydrogen) atoms. The van der Waals surface area contributed by atoms with Crippen molar-refractivity contribution in [2.24, 2.45) is 0 Å². The van der Waals surface area contributed by atoms with E-state index in [1.54, 1.807) is 67.9 Å². The molecule has 0 radical (unpaired) electrons. The number of anilines is 2. The Balaban J connectivity index is 1.18. The van der Waals surface area contributed by atoms with E-state index in [0.717, 1.165) is 0 Å². The summed E-state index contributed by atoms with van der Waals surface area (Å²) in [7, 11) is 1.49. The zero-order valence-electron chi connectivity index (χ0n) is 26.6. The number of nitrogens with zero attached hydrogens (tertiary/aromatic N) is 6. The van der Waals surface area contributed by atoms with E-state index in [1.807, 2.05) is 0 Å². The van der Waals surface area contributed by atoms with E-state index in [0.29, 0.717) is 44.9 Å². The van der Waals surface area contributed by atoms with Gasteiger partial charge in [0.05, 0.1) is 47.9 Å². The van der Waals surface area contributed by atoms with Gasteiger partial charge in [0.1, 0.15) is 40.7 Å². The summed E-state index contributed by atoms with van der Waals surface area (Å²) in [6.07, 6.45) is -0.0238. The lowest BCUT2D eigenvalue weighted by Gasteiger charge is -2.32. The van der Waals surface area contributed by atoms with Crippen LogP contribution in [-0.4, -0.2) is 88.7 Å². The molecular formula is C33H31ClN6O8. The van der Waals surface area contributed by atoms with Crippen LogP contribution in [0.15, 0.2) is 48.7 Å². The first-order chi connectivity index (χ1) is 22.9. The van der Waals surface area contributed by atoms with Crippen molar-refractivity contribution in [3.63, 3.8) is 0 Å². The number of pyridine rings is 1. The van der Waals surface area contributed by atoms with Crippen molar-refractivity contribution in [1.29, 1.82) is 0 Å². The first-order valence-electron chi connectivity index (χ1n) is 15.3. The minimum atomic E-state index is -0.693. The molecule has 2 aromatic carbocycles. The largest absolute Gasteiger partial charge is 0.494 e. The van der Waals surface area contributed by atoms with Crippen molar-refractivity contribution in [2.75, 3.05) is 43.2 Å². The van der Waals surface area contributed by atoms with E-state index in [4.69, 9.17) is 35.6 Å². The van der Waals surface area contributed by atoms with E-state index in [2.05, 4.69) is 4.98 Å². The number of carbonyl (C=O) groups is 4. The van der Waals surface area contributed by atoms with Gasteiger partial charge in [0.2, 0.25) is 0 Å². The summed E-state index contributed by atoms with van der Waals surface area (Å²) >= 11 is 6.32. The zero-order valence-corrected chi connectivity index (χ0v) is 27.3. The topological polar surface area (TPSA) is 146 Å². The maximum absolute atomic E-state index is 13.2. The van der Waals surface area contributed by atoms with Crippen molar-refractivity contribution in [3.8, 4) is 17.2 Å². The van der Waals surface area contributed by atoms with Crippen LogP contribution in [0.4, 0.5) is 21.1 Å². The van der Waals surface area contributed by atoms with E-state index >= 15 is 0 Å². The molecule has 1 atom stereocenters. The summed E-state index contributed by atoms with van der Waals surface area (Å²) in [5.41, 5.74) is 1.46. The highest BCUT2D eigenvalue weighted by molar-refractivity contribution is 6.30. The molecule has 4 amide bonds. The van der Waals surface area contributed by atoms with Crippen LogP contribution in [-0.2, 0) is 9.47 Å². The first kappa shape index (κ1) is 31.2. The van der Waals surface area contributed by atoms with Gasteiger partial charge in [-0.05, 0) is 32.9 Å². The Kier molecular flexibility index (Phi) is 7.62. The maximum atomic E-state index is 13.2. The average Bonchev–Trinajstić information content (AvgIpc) is 3.68. The Labute approximate surface area is 279 Å². The summed E-state index contributed by atoms with van der Waals surface area (Å²) in [6, 6.07) is 11.6. The Bertz CT molecular complexity index is 1970. The summed E-state index contributed by atoms with van der Waals surface area (Å²) in [5.74, 6) is 0.281. The predicted molar refractivity (Wildman–Crippen MR) is 174 cm³/mol. The summed E-state index contributed by atoms with van der Waals surface area (Å²) in [5, 5.41) is 5.50. The number of aromatic nitrogens is 3. The number of amides is 4. The third-order valence-corrected chi connectivity index (χ3v) is 8.37. The Morgan fingerprint density at radius 1 is 1.06 bits per heavy atom. The van der Waals surface area contributed by atoms with Crippen LogP contribution in [0.25, 0.3) is 16.6 Å². The molecule has 0 saturated carbocycles. The number of fused-ring (bicyclic) bond motifs is 3. The van der Waals surface area contributed by atoms with Crippen LogP contribution in [0.5, 0.6) is 11.5 Å². The molecule has 3 aliphatic heterocycles. The number of hydrogen-bond acceptors (Lipinski definition) is 10. The van der Waals surface area contributed by atoms with E-state index < -0.39 is 23.9 Å². The molecule has 1 saturated heterocycles. The van der Waals surface area contributed by atoms with E-state index in [1.165, 1.54) is 28.0 Å². The molecule has 4 aromatic rings. The highest BCUT2D eigenvalue weighted by Crippen LogP contribution is 2.42. The molecule has 1 unspecified atom stereocenters. The molecule has 0 aliphatic carbocycles. The number of ether oxygens (including phenoxy) is 4. The molecule has 3 aliphatic rings. The molecular weight excluding hydrogens is 644 g/mol. The van der Waals surface area contributed by atoms with Gasteiger partial charge >= 0.3 is 12.2 Å². The molecule has 1 fully saturated rings. The number of benzene rings is 2. The third kappa shape index (κ3) is 5.41. The van der Waals surface area contributed by atoms with Gasteiger partial charge in [-0.3, -0.25) is 24.3 Å². The normalized spacial score (nSPS) is 17.4. The van der Waals surface area contributed by atoms with Crippen LogP contribution in [0.1, 0.15) is 47.9 Å². The molecule has 0 spiro atoms. The molecule has 5 heterocycles. The first-order valence-corrected chi connectivity index (χ1v) is 15.6. The molecule has 248 valence electrons. The fourth-order valence-electron chi connectivity index (χ4n) is 5.98. The Hall–Kier alpha value is -5.37. The maximum Gasteiger partial charge on any atom is 0.416 e. The second-order valence-corrected chi connectivity index (χ2v) is 12.8. The van der Waals surface area contributed by atoms with Gasteiger partial charge in [-0.1, -0.05) is 23.7 Å². The fraction of sp³-hybridized carbons (Fsp3) is 0.333. The quantitative estimate of drug-likeness (QED) is 0.197. The van der Waals surface area contributed by atoms with Gasteiger partial charge in [0, 0.05) is 37.4 Å². The van der Waals surface area contributed by atoms with Crippen LogP contribution in [0.2, 0.25) is 5.15 Å². The fourth-order valence-corrected chi connectivity index (χ4v) is 6.13. The molecule has 0 bridgehead atoms. The molecule has 0 N–H and O–H groups in total. The van der Waals surface area contributed by atoms with Gasteiger partial charge in [-0.15, -0.1) is 5.10 Å². The zero-order chi connectivity index (χ0) is 33.9. The van der Waals surface area contributed by atoms with Gasteiger partial charge in [-0.2, -0.15) is 0 Å². The summed E-state index contributed by atoms with van der Waals surface area (Å²) in [6.45, 7) is 6.10. The number of methoxy groups -OCH3 is 1. The minimum absolute atomic E-state index is 0.0805. The second-order valence-electron chi connectivity index (χ2n) is 12.4. The molecule has 15 heteroatoms. The number of carbonyl (C=O) groups excluding carboxylic acids is 4. The molecule has 7 rings (SSSR count). The van der Waals surface area contributed by atoms with Crippen molar-refractivity contribution < 1.29 is 38.1 Å². The van der Waals surface area contributed by atoms with Crippen molar-refractivity contribution in [1.82, 2.24) is 19.7 Å². The van der Waals surface area contributed by atoms with Gasteiger partial charge < -0.3 is 18.9 Å². The standard InChI is InChI=1S/C33H31ClN6O8/c1-33(2,3)48-32(44)37-11-12-46-26-14-24(25(45-4)13-23(26)37)40-22-15-27(34)35-16-21(22)28(36-40)39-17-18(47-31(39)43)9-10-38-29(41)19-7-5-6-8-20(19)30(38)42/h5-8,13-16,18H,9-12,17H2,1-4H3. The van der Waals surface area contributed by atoms with Gasteiger partial charge in [0.25, 0.3) is 11.8 Å². The smallest absolute Gasteiger partial charge is 0.416 e. The van der Waals surface area contributed by atoms with Crippen LogP contribution < -0.4 is 19.3 Å². The average molecular weight is 675 g/mol. The lowest BCUT2D eigenvalue weighted by atomic mass is 10.1. The van der Waals surface area contributed by atoms with E-state index in [9.17, 15) is 19.2 Å². The number of imide groups is 1. The number of hydrogen-bond donors (Lipinski definition) is 0. The Morgan fingerprint density at radius 3 is 2.48 bits per heavy atom. The highest BCUT2D eigenvalue weighted by Gasteiger charge is 2.39. The van der Waals surface area contributed by atoms with Crippen LogP contribution in [0.3, 0.4) is 0 Å². The van der Waals surface area contributed by atoms with Gasteiger partial charge in [-0.25, -0.2) is 19.3 Å². The number of cyclic esters (lactones) is 1. The van der Waals surface area contributed by atoms with Gasteiger partial charge in [0.15, 0.2) is 5.82 Å². The van der Waals surface area contributed by atoms with Crippen LogP contribution >= 0.6 is 11.6 Å².